The quantitative estimate of drug-likeness (QED) is 0.661. The van der Waals surface area contributed by atoms with E-state index in [1.165, 1.54) is 4.88 Å². The van der Waals surface area contributed by atoms with Gasteiger partial charge in [0.1, 0.15) is 0 Å². The molecule has 0 aliphatic rings. The first-order chi connectivity index (χ1) is 8.74. The highest BCUT2D eigenvalue weighted by atomic mass is 32.1. The molecule has 0 unspecified atom stereocenters. The lowest BCUT2D eigenvalue weighted by Gasteiger charge is -2.26. The van der Waals surface area contributed by atoms with Gasteiger partial charge in [-0.05, 0) is 38.3 Å². The Morgan fingerprint density at radius 3 is 2.83 bits per heavy atom. The van der Waals surface area contributed by atoms with Gasteiger partial charge in [0.05, 0.1) is 0 Å². The summed E-state index contributed by atoms with van der Waals surface area (Å²) in [6.07, 6.45) is 1.09. The van der Waals surface area contributed by atoms with Crippen molar-refractivity contribution in [3.63, 3.8) is 0 Å². The van der Waals surface area contributed by atoms with Crippen molar-refractivity contribution in [3.05, 3.63) is 22.4 Å². The molecule has 0 fully saturated rings. The highest BCUT2D eigenvalue weighted by Crippen LogP contribution is 2.13. The first kappa shape index (κ1) is 15.6. The number of methoxy groups -OCH3 is 1. The Balaban J connectivity index is 2.18. The first-order valence-electron chi connectivity index (χ1n) is 6.70. The van der Waals surface area contributed by atoms with Crippen molar-refractivity contribution in [2.24, 2.45) is 0 Å². The van der Waals surface area contributed by atoms with E-state index < -0.39 is 0 Å². The molecule has 0 saturated heterocycles. The van der Waals surface area contributed by atoms with Crippen LogP contribution in [-0.2, 0) is 11.3 Å². The van der Waals surface area contributed by atoms with Crippen LogP contribution in [0.4, 0.5) is 0 Å². The van der Waals surface area contributed by atoms with Crippen molar-refractivity contribution < 1.29 is 4.74 Å². The van der Waals surface area contributed by atoms with Gasteiger partial charge in [-0.15, -0.1) is 11.3 Å². The lowest BCUT2D eigenvalue weighted by molar-refractivity contribution is 0.191. The fourth-order valence-corrected chi connectivity index (χ4v) is 2.54. The van der Waals surface area contributed by atoms with E-state index in [9.17, 15) is 0 Å². The Bertz CT molecular complexity index is 288. The summed E-state index contributed by atoms with van der Waals surface area (Å²) in [6, 6.07) is 4.93. The average Bonchev–Trinajstić information content (AvgIpc) is 2.84. The van der Waals surface area contributed by atoms with E-state index in [0.717, 1.165) is 39.2 Å². The number of hydrogen-bond acceptors (Lipinski definition) is 4. The van der Waals surface area contributed by atoms with Crippen molar-refractivity contribution in [2.75, 3.05) is 33.4 Å². The summed E-state index contributed by atoms with van der Waals surface area (Å²) in [5, 5.41) is 5.62. The molecule has 1 N–H and O–H groups in total. The van der Waals surface area contributed by atoms with Crippen molar-refractivity contribution in [2.45, 2.75) is 32.9 Å². The molecule has 0 aliphatic carbocycles. The van der Waals surface area contributed by atoms with Gasteiger partial charge in [-0.1, -0.05) is 6.07 Å². The molecular formula is C14H26N2OS. The Labute approximate surface area is 115 Å². The molecule has 4 heteroatoms. The topological polar surface area (TPSA) is 24.5 Å². The maximum atomic E-state index is 5.03. The van der Waals surface area contributed by atoms with Crippen LogP contribution in [0.15, 0.2) is 17.5 Å². The summed E-state index contributed by atoms with van der Waals surface area (Å²) in [5.74, 6) is 0. The van der Waals surface area contributed by atoms with Crippen molar-refractivity contribution >= 4 is 11.3 Å². The molecule has 0 spiro atoms. The van der Waals surface area contributed by atoms with Crippen molar-refractivity contribution in [1.82, 2.24) is 10.2 Å². The molecule has 0 aliphatic heterocycles. The van der Waals surface area contributed by atoms with E-state index in [2.05, 4.69) is 41.6 Å². The van der Waals surface area contributed by atoms with Crippen LogP contribution in [0.25, 0.3) is 0 Å². The Kier molecular flexibility index (Phi) is 8.25. The molecule has 104 valence electrons. The Hall–Kier alpha value is -0.420. The van der Waals surface area contributed by atoms with Gasteiger partial charge in [-0.25, -0.2) is 0 Å². The van der Waals surface area contributed by atoms with E-state index in [4.69, 9.17) is 4.74 Å². The minimum absolute atomic E-state index is 0.591. The second kappa shape index (κ2) is 9.50. The second-order valence-electron chi connectivity index (χ2n) is 4.74. The van der Waals surface area contributed by atoms with Gasteiger partial charge < -0.3 is 10.1 Å². The van der Waals surface area contributed by atoms with E-state index in [1.54, 1.807) is 7.11 Å². The van der Waals surface area contributed by atoms with Crippen LogP contribution in [0, 0.1) is 0 Å². The lowest BCUT2D eigenvalue weighted by atomic mass is 10.3. The first-order valence-corrected chi connectivity index (χ1v) is 7.58. The molecule has 0 radical (unpaired) electrons. The largest absolute Gasteiger partial charge is 0.385 e. The Morgan fingerprint density at radius 1 is 1.39 bits per heavy atom. The number of nitrogens with zero attached hydrogens (tertiary/aromatic N) is 1. The summed E-state index contributed by atoms with van der Waals surface area (Å²) in [7, 11) is 1.75. The van der Waals surface area contributed by atoms with E-state index in [-0.39, 0.29) is 0 Å². The zero-order valence-corrected chi connectivity index (χ0v) is 12.6. The molecule has 18 heavy (non-hydrogen) atoms. The van der Waals surface area contributed by atoms with Crippen LogP contribution in [0.3, 0.4) is 0 Å². The van der Waals surface area contributed by atoms with Gasteiger partial charge in [-0.2, -0.15) is 0 Å². The second-order valence-corrected chi connectivity index (χ2v) is 5.77. The van der Waals surface area contributed by atoms with Crippen LogP contribution in [-0.4, -0.2) is 44.3 Å². The van der Waals surface area contributed by atoms with Gasteiger partial charge >= 0.3 is 0 Å². The predicted molar refractivity (Wildman–Crippen MR) is 79.2 cm³/mol. The molecule has 3 nitrogen and oxygen atoms in total. The molecule has 1 aromatic heterocycles. The fourth-order valence-electron chi connectivity index (χ4n) is 1.81. The van der Waals surface area contributed by atoms with Crippen LogP contribution >= 0.6 is 11.3 Å². The summed E-state index contributed by atoms with van der Waals surface area (Å²) in [6.45, 7) is 9.62. The minimum atomic E-state index is 0.591. The molecule has 0 bridgehead atoms. The smallest absolute Gasteiger partial charge is 0.0474 e. The van der Waals surface area contributed by atoms with Gasteiger partial charge in [0.2, 0.25) is 0 Å². The highest BCUT2D eigenvalue weighted by molar-refractivity contribution is 7.09. The van der Waals surface area contributed by atoms with Crippen LogP contribution in [0.5, 0.6) is 0 Å². The molecule has 0 aromatic carbocycles. The monoisotopic (exact) mass is 270 g/mol. The normalized spacial score (nSPS) is 11.6. The van der Waals surface area contributed by atoms with Gasteiger partial charge in [0, 0.05) is 44.3 Å². The zero-order chi connectivity index (χ0) is 13.2. The number of thiophene rings is 1. The molecule has 0 atom stereocenters. The SMILES string of the molecule is COCCCNCCN(Cc1cccs1)C(C)C. The fraction of sp³-hybridized carbons (Fsp3) is 0.714. The third-order valence-corrected chi connectivity index (χ3v) is 3.81. The summed E-state index contributed by atoms with van der Waals surface area (Å²) in [5.41, 5.74) is 0. The number of nitrogens with one attached hydrogen (secondary N) is 1. The predicted octanol–water partition coefficient (Wildman–Crippen LogP) is 2.58. The standard InChI is InChI=1S/C14H26N2OS/c1-13(2)16(12-14-6-4-11-18-14)9-8-15-7-5-10-17-3/h4,6,11,13,15H,5,7-10,12H2,1-3H3. The summed E-state index contributed by atoms with van der Waals surface area (Å²) < 4.78 is 5.03. The molecule has 1 heterocycles. The van der Waals surface area contributed by atoms with E-state index >= 15 is 0 Å². The third kappa shape index (κ3) is 6.50. The number of hydrogen-bond donors (Lipinski definition) is 1. The molecule has 0 amide bonds. The highest BCUT2D eigenvalue weighted by Gasteiger charge is 2.09. The van der Waals surface area contributed by atoms with E-state index in [1.807, 2.05) is 11.3 Å². The van der Waals surface area contributed by atoms with Crippen molar-refractivity contribution in [3.8, 4) is 0 Å². The maximum absolute atomic E-state index is 5.03. The van der Waals surface area contributed by atoms with E-state index in [0.29, 0.717) is 6.04 Å². The Morgan fingerprint density at radius 2 is 2.22 bits per heavy atom. The molecule has 1 aromatic rings. The van der Waals surface area contributed by atoms with Gasteiger partial charge in [0.15, 0.2) is 0 Å². The molecule has 1 rings (SSSR count). The van der Waals surface area contributed by atoms with Crippen LogP contribution in [0.1, 0.15) is 25.1 Å². The number of ether oxygens (including phenoxy) is 1. The summed E-state index contributed by atoms with van der Waals surface area (Å²) >= 11 is 1.84. The number of rotatable bonds is 10. The lowest BCUT2D eigenvalue weighted by Crippen LogP contribution is -2.36. The van der Waals surface area contributed by atoms with Crippen LogP contribution in [0.2, 0.25) is 0 Å². The van der Waals surface area contributed by atoms with Gasteiger partial charge in [0.25, 0.3) is 0 Å². The molecule has 0 saturated carbocycles. The van der Waals surface area contributed by atoms with Gasteiger partial charge in [-0.3, -0.25) is 4.90 Å². The van der Waals surface area contributed by atoms with Crippen LogP contribution < -0.4 is 5.32 Å². The minimum Gasteiger partial charge on any atom is -0.385 e. The third-order valence-electron chi connectivity index (χ3n) is 2.95. The van der Waals surface area contributed by atoms with Crippen molar-refractivity contribution in [1.29, 1.82) is 0 Å². The zero-order valence-electron chi connectivity index (χ0n) is 11.8. The maximum Gasteiger partial charge on any atom is 0.0474 e. The molecular weight excluding hydrogens is 244 g/mol. The summed E-state index contributed by atoms with van der Waals surface area (Å²) in [4.78, 5) is 3.96. The average molecular weight is 270 g/mol.